The van der Waals surface area contributed by atoms with Gasteiger partial charge in [0.1, 0.15) is 17.5 Å². The van der Waals surface area contributed by atoms with Crippen LogP contribution in [0.3, 0.4) is 0 Å². The highest BCUT2D eigenvalue weighted by Crippen LogP contribution is 2.22. The molecule has 0 aromatic heterocycles. The van der Waals surface area contributed by atoms with Gasteiger partial charge in [-0.1, -0.05) is 12.1 Å². The van der Waals surface area contributed by atoms with Gasteiger partial charge in [-0.15, -0.1) is 0 Å². The number of rotatable bonds is 5. The lowest BCUT2D eigenvalue weighted by Gasteiger charge is -2.33. The van der Waals surface area contributed by atoms with Crippen molar-refractivity contribution in [3.8, 4) is 5.75 Å². The second-order valence-corrected chi connectivity index (χ2v) is 11.3. The Kier molecular flexibility index (Phi) is 7.49. The van der Waals surface area contributed by atoms with Gasteiger partial charge in [-0.25, -0.2) is 13.2 Å². The largest absolute Gasteiger partial charge is 0.490 e. The molecule has 0 bridgehead atoms. The van der Waals surface area contributed by atoms with Crippen molar-refractivity contribution in [1.29, 1.82) is 0 Å². The van der Waals surface area contributed by atoms with Crippen molar-refractivity contribution < 1.29 is 22.7 Å². The molecule has 2 saturated heterocycles. The van der Waals surface area contributed by atoms with Crippen LogP contribution in [0.1, 0.15) is 39.2 Å². The molecule has 0 aliphatic carbocycles. The molecule has 2 aliphatic rings. The topological polar surface area (TPSA) is 79.4 Å². The van der Waals surface area contributed by atoms with E-state index in [1.54, 1.807) is 4.90 Å². The summed E-state index contributed by atoms with van der Waals surface area (Å²) in [6, 6.07) is 8.10. The van der Waals surface area contributed by atoms with Crippen LogP contribution in [-0.2, 0) is 21.3 Å². The molecule has 2 heterocycles. The van der Waals surface area contributed by atoms with E-state index < -0.39 is 15.6 Å². The molecule has 174 valence electrons. The number of amides is 1. The van der Waals surface area contributed by atoms with Crippen molar-refractivity contribution in [3.63, 3.8) is 0 Å². The summed E-state index contributed by atoms with van der Waals surface area (Å²) in [5.74, 6) is 0.835. The zero-order valence-electron chi connectivity index (χ0n) is 19.0. The summed E-state index contributed by atoms with van der Waals surface area (Å²) in [7, 11) is -3.10. The summed E-state index contributed by atoms with van der Waals surface area (Å²) < 4.78 is 36.3. The van der Waals surface area contributed by atoms with Crippen LogP contribution in [0.2, 0.25) is 0 Å². The van der Waals surface area contributed by atoms with Crippen molar-refractivity contribution in [1.82, 2.24) is 14.1 Å². The number of piperazine rings is 1. The molecule has 3 rings (SSSR count). The molecule has 2 fully saturated rings. The first-order valence-electron chi connectivity index (χ1n) is 10.9. The van der Waals surface area contributed by atoms with E-state index >= 15 is 0 Å². The molecule has 0 unspecified atom stereocenters. The van der Waals surface area contributed by atoms with E-state index in [9.17, 15) is 13.2 Å². The first kappa shape index (κ1) is 23.8. The van der Waals surface area contributed by atoms with Gasteiger partial charge in [0.2, 0.25) is 10.0 Å². The molecule has 31 heavy (non-hydrogen) atoms. The predicted molar refractivity (Wildman–Crippen MR) is 120 cm³/mol. The quantitative estimate of drug-likeness (QED) is 0.682. The van der Waals surface area contributed by atoms with Gasteiger partial charge in [0.25, 0.3) is 0 Å². The van der Waals surface area contributed by atoms with Crippen molar-refractivity contribution >= 4 is 16.1 Å². The van der Waals surface area contributed by atoms with Gasteiger partial charge in [0.05, 0.1) is 6.26 Å². The predicted octanol–water partition coefficient (Wildman–Crippen LogP) is 2.54. The van der Waals surface area contributed by atoms with E-state index in [1.807, 2.05) is 32.9 Å². The number of piperidine rings is 1. The summed E-state index contributed by atoms with van der Waals surface area (Å²) in [5.41, 5.74) is 0.702. The molecule has 0 saturated carbocycles. The van der Waals surface area contributed by atoms with Crippen molar-refractivity contribution in [2.75, 3.05) is 45.5 Å². The lowest BCUT2D eigenvalue weighted by Crippen LogP contribution is -2.47. The third kappa shape index (κ3) is 7.36. The lowest BCUT2D eigenvalue weighted by molar-refractivity contribution is 0.0126. The average molecular weight is 454 g/mol. The molecular formula is C22H35N3O5S. The number of likely N-dealkylation sites (tertiary alicyclic amines) is 1. The summed E-state index contributed by atoms with van der Waals surface area (Å²) in [6.07, 6.45) is 2.67. The Labute approximate surface area is 186 Å². The molecule has 1 amide bonds. The fraction of sp³-hybridized carbons (Fsp3) is 0.682. The Bertz CT molecular complexity index is 835. The molecule has 9 heteroatoms. The summed E-state index contributed by atoms with van der Waals surface area (Å²) in [4.78, 5) is 16.2. The van der Waals surface area contributed by atoms with Gasteiger partial charge in [0, 0.05) is 58.7 Å². The minimum Gasteiger partial charge on any atom is -0.490 e. The molecule has 8 nitrogen and oxygen atoms in total. The monoisotopic (exact) mass is 453 g/mol. The maximum Gasteiger partial charge on any atom is 0.410 e. The second-order valence-electron chi connectivity index (χ2n) is 9.37. The highest BCUT2D eigenvalue weighted by Gasteiger charge is 2.28. The number of carbonyl (C=O) groups is 1. The van der Waals surface area contributed by atoms with Gasteiger partial charge < -0.3 is 14.4 Å². The Hall–Kier alpha value is -1.84. The van der Waals surface area contributed by atoms with Gasteiger partial charge in [-0.2, -0.15) is 4.31 Å². The van der Waals surface area contributed by atoms with Gasteiger partial charge in [0.15, 0.2) is 0 Å². The van der Waals surface area contributed by atoms with E-state index in [0.29, 0.717) is 26.2 Å². The van der Waals surface area contributed by atoms with E-state index in [4.69, 9.17) is 9.47 Å². The summed E-state index contributed by atoms with van der Waals surface area (Å²) >= 11 is 0. The van der Waals surface area contributed by atoms with Crippen LogP contribution in [0.15, 0.2) is 24.3 Å². The molecule has 1 aromatic rings. The smallest absolute Gasteiger partial charge is 0.410 e. The number of sulfonamides is 1. The van der Waals surface area contributed by atoms with E-state index in [0.717, 1.165) is 38.2 Å². The Morgan fingerprint density at radius 1 is 1.00 bits per heavy atom. The highest BCUT2D eigenvalue weighted by molar-refractivity contribution is 7.88. The molecule has 0 atom stereocenters. The van der Waals surface area contributed by atoms with Crippen LogP contribution in [-0.4, -0.2) is 85.8 Å². The fourth-order valence-corrected chi connectivity index (χ4v) is 4.65. The zero-order chi connectivity index (χ0) is 22.6. The van der Waals surface area contributed by atoms with Crippen LogP contribution < -0.4 is 4.74 Å². The van der Waals surface area contributed by atoms with Crippen molar-refractivity contribution in [2.24, 2.45) is 0 Å². The third-order valence-corrected chi connectivity index (χ3v) is 6.83. The molecule has 1 aromatic carbocycles. The van der Waals surface area contributed by atoms with Gasteiger partial charge in [-0.05, 0) is 38.5 Å². The van der Waals surface area contributed by atoms with Gasteiger partial charge >= 0.3 is 6.09 Å². The normalized spacial score (nSPS) is 19.9. The molecular weight excluding hydrogens is 418 g/mol. The van der Waals surface area contributed by atoms with Crippen LogP contribution in [0.25, 0.3) is 0 Å². The van der Waals surface area contributed by atoms with Crippen LogP contribution in [0, 0.1) is 0 Å². The first-order valence-corrected chi connectivity index (χ1v) is 12.8. The number of ether oxygens (including phenoxy) is 2. The average Bonchev–Trinajstić information content (AvgIpc) is 2.68. The van der Waals surface area contributed by atoms with E-state index in [-0.39, 0.29) is 12.2 Å². The number of carbonyl (C=O) groups excluding carboxylic acids is 1. The molecule has 0 spiro atoms. The Balaban J connectivity index is 1.42. The molecule has 0 N–H and O–H groups in total. The lowest BCUT2D eigenvalue weighted by atomic mass is 10.1. The second kappa shape index (κ2) is 9.75. The number of benzene rings is 1. The van der Waals surface area contributed by atoms with Crippen molar-refractivity contribution in [3.05, 3.63) is 29.8 Å². The number of hydrogen-bond acceptors (Lipinski definition) is 6. The third-order valence-electron chi connectivity index (χ3n) is 5.53. The SMILES string of the molecule is CC(C)(C)OC(=O)N1CCC(Oc2ccc(CN3CCN(S(C)(=O)=O)CC3)cc2)CC1. The highest BCUT2D eigenvalue weighted by atomic mass is 32.2. The maximum absolute atomic E-state index is 12.2. The first-order chi connectivity index (χ1) is 14.5. The van der Waals surface area contributed by atoms with Crippen LogP contribution >= 0.6 is 0 Å². The van der Waals surface area contributed by atoms with E-state index in [2.05, 4.69) is 17.0 Å². The summed E-state index contributed by atoms with van der Waals surface area (Å²) in [6.45, 7) is 10.3. The minimum absolute atomic E-state index is 0.0913. The molecule has 0 radical (unpaired) electrons. The molecule has 2 aliphatic heterocycles. The Morgan fingerprint density at radius 3 is 2.10 bits per heavy atom. The fourth-order valence-electron chi connectivity index (χ4n) is 3.83. The van der Waals surface area contributed by atoms with Gasteiger partial charge in [-0.3, -0.25) is 4.90 Å². The maximum atomic E-state index is 12.2. The summed E-state index contributed by atoms with van der Waals surface area (Å²) in [5, 5.41) is 0. The number of nitrogens with zero attached hydrogens (tertiary/aromatic N) is 3. The zero-order valence-corrected chi connectivity index (χ0v) is 19.9. The Morgan fingerprint density at radius 2 is 1.58 bits per heavy atom. The van der Waals surface area contributed by atoms with E-state index in [1.165, 1.54) is 16.1 Å². The minimum atomic E-state index is -3.10. The standard InChI is InChI=1S/C22H35N3O5S/c1-22(2,3)30-21(26)24-11-9-20(10-12-24)29-19-7-5-18(6-8-19)17-23-13-15-25(16-14-23)31(4,27)28/h5-8,20H,9-17H2,1-4H3. The van der Waals surface area contributed by atoms with Crippen molar-refractivity contribution in [2.45, 2.75) is 51.9 Å². The van der Waals surface area contributed by atoms with Crippen LogP contribution in [0.4, 0.5) is 4.79 Å². The number of hydrogen-bond donors (Lipinski definition) is 0. The van der Waals surface area contributed by atoms with Crippen LogP contribution in [0.5, 0.6) is 5.75 Å².